The number of methoxy groups -OCH3 is 2. The Labute approximate surface area is 243 Å². The molecule has 0 radical (unpaired) electrons. The second-order valence-corrected chi connectivity index (χ2v) is 11.2. The first-order chi connectivity index (χ1) is 19.6. The quantitative estimate of drug-likeness (QED) is 0.182. The van der Waals surface area contributed by atoms with Gasteiger partial charge in [0, 0.05) is 28.8 Å². The highest BCUT2D eigenvalue weighted by Gasteiger charge is 2.35. The summed E-state index contributed by atoms with van der Waals surface area (Å²) in [5, 5.41) is 0. The highest BCUT2D eigenvalue weighted by atomic mass is 16.5. The zero-order chi connectivity index (χ0) is 29.6. The Bertz CT molecular complexity index is 1590. The molecule has 2 amide bonds. The molecule has 5 nitrogen and oxygen atoms in total. The fourth-order valence-electron chi connectivity index (χ4n) is 4.68. The van der Waals surface area contributed by atoms with Gasteiger partial charge >= 0.3 is 0 Å². The summed E-state index contributed by atoms with van der Waals surface area (Å²) in [5.74, 6) is 13.8. The second kappa shape index (κ2) is 12.8. The number of carbonyl (C=O) groups is 2. The summed E-state index contributed by atoms with van der Waals surface area (Å²) >= 11 is 0. The SMILES string of the molecule is CCCCCCN1C(=O)c2ccc(C#Cc3cc(C#Cc4ccc(OC)c(OC)c4)cc(C(C)(C)C)c3)cc2C1=O. The number of hydrogen-bond donors (Lipinski definition) is 0. The molecule has 210 valence electrons. The van der Waals surface area contributed by atoms with Gasteiger partial charge in [-0.05, 0) is 72.0 Å². The number of rotatable bonds is 7. The van der Waals surface area contributed by atoms with Crippen molar-refractivity contribution in [2.45, 2.75) is 58.8 Å². The molecule has 0 aliphatic carbocycles. The van der Waals surface area contributed by atoms with Crippen molar-refractivity contribution in [3.8, 4) is 35.2 Å². The maximum atomic E-state index is 13.0. The lowest BCUT2D eigenvalue weighted by Crippen LogP contribution is -2.30. The van der Waals surface area contributed by atoms with Gasteiger partial charge in [0.25, 0.3) is 11.8 Å². The zero-order valence-corrected chi connectivity index (χ0v) is 24.8. The largest absolute Gasteiger partial charge is 0.493 e. The van der Waals surface area contributed by atoms with Crippen molar-refractivity contribution >= 4 is 11.8 Å². The number of hydrogen-bond acceptors (Lipinski definition) is 4. The summed E-state index contributed by atoms with van der Waals surface area (Å²) in [5.41, 5.74) is 5.10. The van der Waals surface area contributed by atoms with Crippen LogP contribution in [0.4, 0.5) is 0 Å². The number of amides is 2. The zero-order valence-electron chi connectivity index (χ0n) is 24.8. The molecule has 3 aromatic carbocycles. The lowest BCUT2D eigenvalue weighted by atomic mass is 9.85. The molecule has 0 bridgehead atoms. The molecule has 0 fully saturated rings. The van der Waals surface area contributed by atoms with Crippen molar-refractivity contribution in [1.29, 1.82) is 0 Å². The first-order valence-electron chi connectivity index (χ1n) is 14.1. The van der Waals surface area contributed by atoms with Gasteiger partial charge in [0.15, 0.2) is 11.5 Å². The minimum Gasteiger partial charge on any atom is -0.493 e. The van der Waals surface area contributed by atoms with Gasteiger partial charge in [0.1, 0.15) is 0 Å². The summed E-state index contributed by atoms with van der Waals surface area (Å²) in [6.07, 6.45) is 4.04. The van der Waals surface area contributed by atoms with Crippen molar-refractivity contribution in [2.24, 2.45) is 0 Å². The minimum atomic E-state index is -0.229. The van der Waals surface area contributed by atoms with Crippen molar-refractivity contribution < 1.29 is 19.1 Å². The number of imide groups is 1. The van der Waals surface area contributed by atoms with E-state index in [4.69, 9.17) is 9.47 Å². The fraction of sp³-hybridized carbons (Fsp3) is 0.333. The van der Waals surface area contributed by atoms with Gasteiger partial charge in [-0.15, -0.1) is 0 Å². The Morgan fingerprint density at radius 3 is 1.85 bits per heavy atom. The molecule has 0 aromatic heterocycles. The molecule has 0 unspecified atom stereocenters. The summed E-state index contributed by atoms with van der Waals surface area (Å²) in [4.78, 5) is 27.2. The van der Waals surface area contributed by atoms with Crippen LogP contribution in [-0.2, 0) is 5.41 Å². The van der Waals surface area contributed by atoms with E-state index in [1.54, 1.807) is 26.4 Å². The molecular formula is C36H37NO4. The summed E-state index contributed by atoms with van der Waals surface area (Å²) in [6, 6.07) is 17.0. The van der Waals surface area contributed by atoms with Gasteiger partial charge in [-0.25, -0.2) is 0 Å². The lowest BCUT2D eigenvalue weighted by molar-refractivity contribution is 0.0651. The molecule has 0 spiro atoms. The number of unbranched alkanes of at least 4 members (excludes halogenated alkanes) is 3. The van der Waals surface area contributed by atoms with Crippen LogP contribution in [-0.4, -0.2) is 37.5 Å². The van der Waals surface area contributed by atoms with Gasteiger partial charge in [-0.1, -0.05) is 70.6 Å². The van der Waals surface area contributed by atoms with Gasteiger partial charge in [-0.3, -0.25) is 14.5 Å². The summed E-state index contributed by atoms with van der Waals surface area (Å²) < 4.78 is 10.7. The third-order valence-corrected chi connectivity index (χ3v) is 7.09. The van der Waals surface area contributed by atoms with Crippen LogP contribution in [0.5, 0.6) is 11.5 Å². The van der Waals surface area contributed by atoms with Crippen LogP contribution in [0.25, 0.3) is 0 Å². The minimum absolute atomic E-state index is 0.0988. The van der Waals surface area contributed by atoms with Crippen LogP contribution in [0.15, 0.2) is 54.6 Å². The smallest absolute Gasteiger partial charge is 0.261 e. The topological polar surface area (TPSA) is 55.8 Å². The molecule has 4 rings (SSSR count). The van der Waals surface area contributed by atoms with Crippen LogP contribution in [0.2, 0.25) is 0 Å². The second-order valence-electron chi connectivity index (χ2n) is 11.2. The van der Waals surface area contributed by atoms with E-state index >= 15 is 0 Å². The van der Waals surface area contributed by atoms with E-state index < -0.39 is 0 Å². The van der Waals surface area contributed by atoms with Crippen molar-refractivity contribution in [3.05, 3.63) is 93.5 Å². The normalized spacial score (nSPS) is 12.3. The van der Waals surface area contributed by atoms with E-state index in [2.05, 4.69) is 63.5 Å². The average molecular weight is 548 g/mol. The molecule has 1 aliphatic rings. The van der Waals surface area contributed by atoms with Crippen molar-refractivity contribution in [3.63, 3.8) is 0 Å². The van der Waals surface area contributed by atoms with Crippen LogP contribution >= 0.6 is 0 Å². The van der Waals surface area contributed by atoms with Gasteiger partial charge in [0.2, 0.25) is 0 Å². The lowest BCUT2D eigenvalue weighted by Gasteiger charge is -2.19. The Balaban J connectivity index is 1.61. The molecule has 0 saturated heterocycles. The number of fused-ring (bicyclic) bond motifs is 1. The maximum absolute atomic E-state index is 13.0. The molecule has 1 heterocycles. The number of carbonyl (C=O) groups excluding carboxylic acids is 2. The molecule has 5 heteroatoms. The van der Waals surface area contributed by atoms with E-state index in [0.29, 0.717) is 34.7 Å². The molecule has 1 aliphatic heterocycles. The Kier molecular flexibility index (Phi) is 9.21. The number of nitrogens with zero attached hydrogens (tertiary/aromatic N) is 1. The Morgan fingerprint density at radius 2 is 1.24 bits per heavy atom. The number of ether oxygens (including phenoxy) is 2. The molecule has 41 heavy (non-hydrogen) atoms. The van der Waals surface area contributed by atoms with Gasteiger partial charge in [-0.2, -0.15) is 0 Å². The molecular weight excluding hydrogens is 510 g/mol. The molecule has 0 atom stereocenters. The van der Waals surface area contributed by atoms with E-state index in [1.165, 1.54) is 4.90 Å². The predicted octanol–water partition coefficient (Wildman–Crippen LogP) is 6.98. The van der Waals surface area contributed by atoms with Crippen LogP contribution in [0, 0.1) is 23.7 Å². The van der Waals surface area contributed by atoms with Gasteiger partial charge in [0.05, 0.1) is 25.3 Å². The third kappa shape index (κ3) is 7.00. The highest BCUT2D eigenvalue weighted by molar-refractivity contribution is 6.21. The Morgan fingerprint density at radius 1 is 0.659 bits per heavy atom. The first kappa shape index (κ1) is 29.5. The molecule has 0 saturated carbocycles. The predicted molar refractivity (Wildman–Crippen MR) is 163 cm³/mol. The van der Waals surface area contributed by atoms with Crippen LogP contribution < -0.4 is 9.47 Å². The van der Waals surface area contributed by atoms with Crippen molar-refractivity contribution in [2.75, 3.05) is 20.8 Å². The van der Waals surface area contributed by atoms with E-state index in [0.717, 1.165) is 47.9 Å². The van der Waals surface area contributed by atoms with E-state index in [1.807, 2.05) is 30.3 Å². The third-order valence-electron chi connectivity index (χ3n) is 7.09. The fourth-order valence-corrected chi connectivity index (χ4v) is 4.68. The Hall–Kier alpha value is -4.48. The first-order valence-corrected chi connectivity index (χ1v) is 14.1. The summed E-state index contributed by atoms with van der Waals surface area (Å²) in [6.45, 7) is 9.06. The highest BCUT2D eigenvalue weighted by Crippen LogP contribution is 2.28. The molecule has 3 aromatic rings. The van der Waals surface area contributed by atoms with Crippen LogP contribution in [0.1, 0.15) is 102 Å². The van der Waals surface area contributed by atoms with Crippen LogP contribution in [0.3, 0.4) is 0 Å². The summed E-state index contributed by atoms with van der Waals surface area (Å²) in [7, 11) is 3.21. The molecule has 0 N–H and O–H groups in total. The van der Waals surface area contributed by atoms with Gasteiger partial charge < -0.3 is 9.47 Å². The standard InChI is InChI=1S/C36H37NO4/c1-7-8-9-10-19-37-34(38)30-17-15-25(23-31(30)35(37)39)11-13-27-20-28(22-29(21-27)36(2,3)4)14-12-26-16-18-32(40-5)33(24-26)41-6/h15-18,20-24H,7-10,19H2,1-6H3. The maximum Gasteiger partial charge on any atom is 0.261 e. The number of benzene rings is 3. The van der Waals surface area contributed by atoms with Crippen molar-refractivity contribution in [1.82, 2.24) is 4.90 Å². The van der Waals surface area contributed by atoms with E-state index in [-0.39, 0.29) is 17.2 Å². The monoisotopic (exact) mass is 547 g/mol. The van der Waals surface area contributed by atoms with E-state index in [9.17, 15) is 9.59 Å². The average Bonchev–Trinajstić information content (AvgIpc) is 3.20.